The summed E-state index contributed by atoms with van der Waals surface area (Å²) < 4.78 is 16.2. The summed E-state index contributed by atoms with van der Waals surface area (Å²) in [5, 5.41) is 0. The van der Waals surface area contributed by atoms with Crippen molar-refractivity contribution in [3.05, 3.63) is 30.0 Å². The highest BCUT2D eigenvalue weighted by atomic mass is 79.9. The second-order valence-electron chi connectivity index (χ2n) is 2.77. The van der Waals surface area contributed by atoms with Crippen LogP contribution < -0.4 is 9.47 Å². The Morgan fingerprint density at radius 3 is 3.00 bits per heavy atom. The normalized spacial score (nSPS) is 14.3. The molecule has 0 saturated carbocycles. The smallest absolute Gasteiger partial charge is 0.231 e. The van der Waals surface area contributed by atoms with Crippen molar-refractivity contribution in [3.8, 4) is 11.5 Å². The fourth-order valence-corrected chi connectivity index (χ4v) is 1.65. The van der Waals surface area contributed by atoms with Gasteiger partial charge >= 0.3 is 0 Å². The molecule has 4 heteroatoms. The van der Waals surface area contributed by atoms with Crippen molar-refractivity contribution < 1.29 is 14.2 Å². The molecule has 14 heavy (non-hydrogen) atoms. The van der Waals surface area contributed by atoms with Crippen LogP contribution in [0, 0.1) is 0 Å². The largest absolute Gasteiger partial charge is 0.503 e. The van der Waals surface area contributed by atoms with Crippen LogP contribution in [0.25, 0.3) is 4.48 Å². The Morgan fingerprint density at radius 1 is 1.43 bits per heavy atom. The van der Waals surface area contributed by atoms with E-state index in [1.54, 1.807) is 13.4 Å². The average molecular weight is 257 g/mol. The second kappa shape index (κ2) is 3.92. The highest BCUT2D eigenvalue weighted by Gasteiger charge is 2.13. The van der Waals surface area contributed by atoms with Crippen molar-refractivity contribution in [2.75, 3.05) is 13.9 Å². The van der Waals surface area contributed by atoms with Crippen LogP contribution >= 0.6 is 15.9 Å². The third kappa shape index (κ3) is 1.70. The van der Waals surface area contributed by atoms with Crippen molar-refractivity contribution in [1.82, 2.24) is 0 Å². The fourth-order valence-electron chi connectivity index (χ4n) is 1.22. The van der Waals surface area contributed by atoms with Gasteiger partial charge in [0.15, 0.2) is 11.5 Å². The van der Waals surface area contributed by atoms with Crippen molar-refractivity contribution >= 4 is 20.4 Å². The van der Waals surface area contributed by atoms with Gasteiger partial charge in [0.1, 0.15) is 0 Å². The fraction of sp³-hybridized carbons (Fsp3) is 0.200. The molecule has 0 saturated heterocycles. The van der Waals surface area contributed by atoms with E-state index in [9.17, 15) is 0 Å². The van der Waals surface area contributed by atoms with Gasteiger partial charge in [0.05, 0.1) is 17.9 Å². The molecule has 0 unspecified atom stereocenters. The van der Waals surface area contributed by atoms with Gasteiger partial charge in [-0.25, -0.2) is 0 Å². The summed E-state index contributed by atoms with van der Waals surface area (Å²) in [7, 11) is 1.61. The number of fused-ring (bicyclic) bond motifs is 1. The molecule has 0 bridgehead atoms. The molecule has 74 valence electrons. The Bertz CT molecular complexity index is 374. The quantitative estimate of drug-likeness (QED) is 0.762. The zero-order valence-electron chi connectivity index (χ0n) is 7.62. The highest BCUT2D eigenvalue weighted by molar-refractivity contribution is 9.15. The van der Waals surface area contributed by atoms with Crippen LogP contribution in [0.3, 0.4) is 0 Å². The molecule has 0 atom stereocenters. The van der Waals surface area contributed by atoms with Gasteiger partial charge in [-0.1, -0.05) is 0 Å². The highest BCUT2D eigenvalue weighted by Crippen LogP contribution is 2.35. The molecular formula is C10H9BrO3. The summed E-state index contributed by atoms with van der Waals surface area (Å²) in [4.78, 5) is 0. The van der Waals surface area contributed by atoms with Crippen molar-refractivity contribution in [2.24, 2.45) is 0 Å². The Morgan fingerprint density at radius 2 is 2.21 bits per heavy atom. The van der Waals surface area contributed by atoms with E-state index in [0.29, 0.717) is 6.79 Å². The van der Waals surface area contributed by atoms with E-state index >= 15 is 0 Å². The summed E-state index contributed by atoms with van der Waals surface area (Å²) in [5.41, 5.74) is 0.996. The monoisotopic (exact) mass is 256 g/mol. The first-order valence-corrected chi connectivity index (χ1v) is 4.89. The molecule has 0 spiro atoms. The number of rotatable bonds is 2. The first-order valence-electron chi connectivity index (χ1n) is 4.10. The molecule has 1 aliphatic heterocycles. The molecule has 0 amide bonds. The van der Waals surface area contributed by atoms with Crippen LogP contribution in [0.4, 0.5) is 0 Å². The lowest BCUT2D eigenvalue weighted by molar-refractivity contribution is 0.174. The summed E-state index contributed by atoms with van der Waals surface area (Å²) in [6.07, 6.45) is 1.62. The number of methoxy groups -OCH3 is 1. The average Bonchev–Trinajstić information content (AvgIpc) is 2.64. The lowest BCUT2D eigenvalue weighted by Gasteiger charge is -2.01. The standard InChI is InChI=1S/C10H9BrO3/c1-12-5-8(11)7-2-3-9-10(4-7)14-6-13-9/h2-5H,6H2,1H3/b8-5-. The Hall–Kier alpha value is -1.16. The third-order valence-corrected chi connectivity index (χ3v) is 2.51. The van der Waals surface area contributed by atoms with E-state index in [2.05, 4.69) is 15.9 Å². The molecule has 0 N–H and O–H groups in total. The third-order valence-electron chi connectivity index (χ3n) is 1.87. The number of benzene rings is 1. The van der Waals surface area contributed by atoms with Gasteiger partial charge in [0, 0.05) is 0 Å². The summed E-state index contributed by atoms with van der Waals surface area (Å²) in [5.74, 6) is 1.55. The molecule has 1 aromatic carbocycles. The first-order chi connectivity index (χ1) is 6.81. The first kappa shape index (κ1) is 9.40. The molecule has 0 radical (unpaired) electrons. The molecular weight excluding hydrogens is 248 g/mol. The molecule has 1 aliphatic rings. The minimum absolute atomic E-state index is 0.296. The van der Waals surface area contributed by atoms with E-state index in [1.807, 2.05) is 18.2 Å². The topological polar surface area (TPSA) is 27.7 Å². The number of hydrogen-bond acceptors (Lipinski definition) is 3. The zero-order valence-corrected chi connectivity index (χ0v) is 9.21. The van der Waals surface area contributed by atoms with Gasteiger partial charge in [0.25, 0.3) is 0 Å². The van der Waals surface area contributed by atoms with Crippen LogP contribution in [-0.2, 0) is 4.74 Å². The molecule has 1 aromatic rings. The summed E-state index contributed by atoms with van der Waals surface area (Å²) in [6.45, 7) is 0.296. The second-order valence-corrected chi connectivity index (χ2v) is 3.62. The number of ether oxygens (including phenoxy) is 3. The zero-order chi connectivity index (χ0) is 9.97. The van der Waals surface area contributed by atoms with Crippen molar-refractivity contribution in [3.63, 3.8) is 0 Å². The summed E-state index contributed by atoms with van der Waals surface area (Å²) >= 11 is 3.39. The molecule has 0 aromatic heterocycles. The predicted octanol–water partition coefficient (Wildman–Crippen LogP) is 2.76. The van der Waals surface area contributed by atoms with Gasteiger partial charge in [-0.05, 0) is 39.7 Å². The minimum Gasteiger partial charge on any atom is -0.503 e. The van der Waals surface area contributed by atoms with E-state index in [4.69, 9.17) is 14.2 Å². The van der Waals surface area contributed by atoms with Crippen LogP contribution in [0.2, 0.25) is 0 Å². The Labute approximate surface area is 90.4 Å². The van der Waals surface area contributed by atoms with Crippen molar-refractivity contribution in [2.45, 2.75) is 0 Å². The molecule has 2 rings (SSSR count). The lowest BCUT2D eigenvalue weighted by atomic mass is 10.2. The lowest BCUT2D eigenvalue weighted by Crippen LogP contribution is -1.92. The minimum atomic E-state index is 0.296. The predicted molar refractivity (Wildman–Crippen MR) is 56.5 cm³/mol. The van der Waals surface area contributed by atoms with E-state index in [-0.39, 0.29) is 0 Å². The Balaban J connectivity index is 2.33. The molecule has 1 heterocycles. The van der Waals surface area contributed by atoms with Gasteiger partial charge in [0.2, 0.25) is 6.79 Å². The van der Waals surface area contributed by atoms with E-state index in [1.165, 1.54) is 0 Å². The van der Waals surface area contributed by atoms with Gasteiger partial charge in [-0.3, -0.25) is 0 Å². The molecule has 3 nitrogen and oxygen atoms in total. The number of hydrogen-bond donors (Lipinski definition) is 0. The maximum Gasteiger partial charge on any atom is 0.231 e. The van der Waals surface area contributed by atoms with Crippen LogP contribution in [0.5, 0.6) is 11.5 Å². The summed E-state index contributed by atoms with van der Waals surface area (Å²) in [6, 6.07) is 5.72. The molecule has 0 aliphatic carbocycles. The van der Waals surface area contributed by atoms with Crippen LogP contribution in [0.15, 0.2) is 24.5 Å². The van der Waals surface area contributed by atoms with Crippen LogP contribution in [0.1, 0.15) is 5.56 Å². The maximum atomic E-state index is 5.26. The van der Waals surface area contributed by atoms with Gasteiger partial charge in [-0.15, -0.1) is 0 Å². The Kier molecular flexibility index (Phi) is 2.63. The van der Waals surface area contributed by atoms with Gasteiger partial charge < -0.3 is 14.2 Å². The molecule has 0 fully saturated rings. The number of halogens is 1. The van der Waals surface area contributed by atoms with Gasteiger partial charge in [-0.2, -0.15) is 0 Å². The van der Waals surface area contributed by atoms with Crippen LogP contribution in [-0.4, -0.2) is 13.9 Å². The van der Waals surface area contributed by atoms with Crippen molar-refractivity contribution in [1.29, 1.82) is 0 Å². The van der Waals surface area contributed by atoms with E-state index < -0.39 is 0 Å². The maximum absolute atomic E-state index is 5.26. The SMILES string of the molecule is CO/C=C(\Br)c1ccc2c(c1)OCO2. The van der Waals surface area contributed by atoms with E-state index in [0.717, 1.165) is 21.5 Å².